The minimum absolute atomic E-state index is 0.0109. The van der Waals surface area contributed by atoms with E-state index in [4.69, 9.17) is 4.74 Å². The summed E-state index contributed by atoms with van der Waals surface area (Å²) in [6, 6.07) is 10.2. The highest BCUT2D eigenvalue weighted by atomic mass is 32.2. The summed E-state index contributed by atoms with van der Waals surface area (Å²) < 4.78 is 47.9. The van der Waals surface area contributed by atoms with Gasteiger partial charge in [0.05, 0.1) is 17.8 Å². The zero-order chi connectivity index (χ0) is 24.4. The number of hydrogen-bond acceptors (Lipinski definition) is 6. The molecule has 1 aromatic carbocycles. The van der Waals surface area contributed by atoms with Crippen molar-refractivity contribution < 1.29 is 22.3 Å². The lowest BCUT2D eigenvalue weighted by atomic mass is 10.1. The minimum Gasteiger partial charge on any atom is -0.444 e. The van der Waals surface area contributed by atoms with Gasteiger partial charge in [-0.05, 0) is 56.7 Å². The second kappa shape index (κ2) is 9.03. The smallest absolute Gasteiger partial charge is 0.410 e. The van der Waals surface area contributed by atoms with Gasteiger partial charge < -0.3 is 9.64 Å². The molecule has 0 aliphatic rings. The first-order valence-corrected chi connectivity index (χ1v) is 11.4. The molecule has 1 amide bonds. The fourth-order valence-corrected chi connectivity index (χ4v) is 4.44. The summed E-state index contributed by atoms with van der Waals surface area (Å²) in [5, 5.41) is 9.19. The molecule has 0 saturated heterocycles. The summed E-state index contributed by atoms with van der Waals surface area (Å²) >= 11 is 0. The van der Waals surface area contributed by atoms with Crippen LogP contribution in [0.5, 0.6) is 0 Å². The van der Waals surface area contributed by atoms with Gasteiger partial charge in [0.15, 0.2) is 0 Å². The second-order valence-electron chi connectivity index (χ2n) is 8.34. The molecule has 0 spiro atoms. The maximum atomic E-state index is 15.0. The Morgan fingerprint density at radius 2 is 2.00 bits per heavy atom. The topological polar surface area (TPSA) is 105 Å². The normalized spacial score (nSPS) is 11.6. The molecule has 33 heavy (non-hydrogen) atoms. The van der Waals surface area contributed by atoms with Crippen LogP contribution in [0.25, 0.3) is 11.3 Å². The molecule has 10 heteroatoms. The molecule has 0 N–H and O–H groups in total. The van der Waals surface area contributed by atoms with Gasteiger partial charge in [-0.2, -0.15) is 5.26 Å². The molecule has 2 aromatic heterocycles. The van der Waals surface area contributed by atoms with E-state index in [0.717, 1.165) is 3.97 Å². The summed E-state index contributed by atoms with van der Waals surface area (Å²) in [7, 11) is -2.64. The van der Waals surface area contributed by atoms with E-state index >= 15 is 0 Å². The monoisotopic (exact) mass is 470 g/mol. The van der Waals surface area contributed by atoms with E-state index in [9.17, 15) is 22.9 Å². The zero-order valence-corrected chi connectivity index (χ0v) is 19.4. The number of amides is 1. The lowest BCUT2D eigenvalue weighted by Gasteiger charge is -2.24. The Morgan fingerprint density at radius 1 is 1.27 bits per heavy atom. The number of hydrogen-bond donors (Lipinski definition) is 0. The number of aromatic nitrogens is 2. The van der Waals surface area contributed by atoms with Crippen molar-refractivity contribution in [3.8, 4) is 17.3 Å². The average Bonchev–Trinajstić information content (AvgIpc) is 3.17. The molecule has 3 rings (SSSR count). The summed E-state index contributed by atoms with van der Waals surface area (Å²) in [4.78, 5) is 17.4. The third-order valence-electron chi connectivity index (χ3n) is 4.55. The summed E-state index contributed by atoms with van der Waals surface area (Å²) in [6.45, 7) is 5.22. The SMILES string of the molecule is CN(Cc1cc(-c2cccc(C#N)c2F)n(S(=O)(=O)c2cccnc2)c1)C(=O)OC(C)(C)C. The number of nitriles is 1. The predicted molar refractivity (Wildman–Crippen MR) is 119 cm³/mol. The molecule has 8 nitrogen and oxygen atoms in total. The highest BCUT2D eigenvalue weighted by Gasteiger charge is 2.26. The van der Waals surface area contributed by atoms with E-state index < -0.39 is 27.5 Å². The van der Waals surface area contributed by atoms with Gasteiger partial charge >= 0.3 is 6.09 Å². The van der Waals surface area contributed by atoms with Gasteiger partial charge in [0.1, 0.15) is 22.4 Å². The molecule has 0 aliphatic heterocycles. The Bertz CT molecular complexity index is 1320. The van der Waals surface area contributed by atoms with E-state index in [0.29, 0.717) is 5.56 Å². The Labute approximate surface area is 191 Å². The van der Waals surface area contributed by atoms with Crippen LogP contribution in [0.1, 0.15) is 31.9 Å². The van der Waals surface area contributed by atoms with E-state index in [1.165, 1.54) is 66.9 Å². The zero-order valence-electron chi connectivity index (χ0n) is 18.6. The molecule has 172 valence electrons. The average molecular weight is 471 g/mol. The van der Waals surface area contributed by atoms with Crippen molar-refractivity contribution in [3.05, 3.63) is 71.9 Å². The number of carbonyl (C=O) groups is 1. The number of benzene rings is 1. The Hall–Kier alpha value is -3.71. The van der Waals surface area contributed by atoms with Gasteiger partial charge in [0.25, 0.3) is 10.0 Å². The van der Waals surface area contributed by atoms with Gasteiger partial charge in [0.2, 0.25) is 0 Å². The molecular formula is C23H23FN4O4S. The van der Waals surface area contributed by atoms with Crippen LogP contribution in [0.15, 0.2) is 59.9 Å². The fourth-order valence-electron chi connectivity index (χ4n) is 3.09. The van der Waals surface area contributed by atoms with Crippen molar-refractivity contribution >= 4 is 16.1 Å². The van der Waals surface area contributed by atoms with Crippen LogP contribution in [-0.2, 0) is 21.3 Å². The number of pyridine rings is 1. The van der Waals surface area contributed by atoms with E-state index in [1.807, 2.05) is 0 Å². The summed E-state index contributed by atoms with van der Waals surface area (Å²) in [5.74, 6) is -0.840. The van der Waals surface area contributed by atoms with Crippen molar-refractivity contribution in [3.63, 3.8) is 0 Å². The Morgan fingerprint density at radius 3 is 2.61 bits per heavy atom. The molecular weight excluding hydrogens is 447 g/mol. The van der Waals surface area contributed by atoms with Crippen molar-refractivity contribution in [1.82, 2.24) is 13.9 Å². The minimum atomic E-state index is -4.15. The maximum absolute atomic E-state index is 15.0. The third-order valence-corrected chi connectivity index (χ3v) is 6.21. The van der Waals surface area contributed by atoms with Crippen LogP contribution in [0.4, 0.5) is 9.18 Å². The lowest BCUT2D eigenvalue weighted by Crippen LogP contribution is -2.33. The van der Waals surface area contributed by atoms with Crippen molar-refractivity contribution in [2.45, 2.75) is 37.8 Å². The standard InChI is InChI=1S/C23H23FN4O4S/c1-23(2,3)32-22(29)27(4)14-16-11-20(19-9-5-7-17(12-25)21(19)24)28(15-16)33(30,31)18-8-6-10-26-13-18/h5-11,13,15H,14H2,1-4H3. The number of nitrogens with zero attached hydrogens (tertiary/aromatic N) is 4. The van der Waals surface area contributed by atoms with Crippen LogP contribution in [0, 0.1) is 17.1 Å². The van der Waals surface area contributed by atoms with Crippen LogP contribution in [0.2, 0.25) is 0 Å². The number of ether oxygens (including phenoxy) is 1. The van der Waals surface area contributed by atoms with Crippen LogP contribution >= 0.6 is 0 Å². The fraction of sp³-hybridized carbons (Fsp3) is 0.261. The van der Waals surface area contributed by atoms with Gasteiger partial charge in [-0.15, -0.1) is 0 Å². The molecule has 0 atom stereocenters. The lowest BCUT2D eigenvalue weighted by molar-refractivity contribution is 0.0285. The van der Waals surface area contributed by atoms with Gasteiger partial charge in [-0.25, -0.2) is 21.6 Å². The molecule has 0 aliphatic carbocycles. The first kappa shape index (κ1) is 23.9. The molecule has 0 saturated carbocycles. The number of carbonyl (C=O) groups excluding carboxylic acids is 1. The highest BCUT2D eigenvalue weighted by Crippen LogP contribution is 2.30. The Balaban J connectivity index is 2.12. The number of halogens is 1. The van der Waals surface area contributed by atoms with E-state index in [2.05, 4.69) is 4.98 Å². The largest absolute Gasteiger partial charge is 0.444 e. The van der Waals surface area contributed by atoms with Gasteiger partial charge in [-0.3, -0.25) is 4.98 Å². The van der Waals surface area contributed by atoms with Crippen LogP contribution in [-0.4, -0.2) is 41.0 Å². The van der Waals surface area contributed by atoms with Crippen molar-refractivity contribution in [1.29, 1.82) is 5.26 Å². The molecule has 3 aromatic rings. The Kier molecular flexibility index (Phi) is 6.56. The highest BCUT2D eigenvalue weighted by molar-refractivity contribution is 7.90. The summed E-state index contributed by atoms with van der Waals surface area (Å²) in [6.07, 6.45) is 3.35. The van der Waals surface area contributed by atoms with E-state index in [-0.39, 0.29) is 28.3 Å². The predicted octanol–water partition coefficient (Wildman–Crippen LogP) is 4.16. The van der Waals surface area contributed by atoms with Gasteiger partial charge in [-0.1, -0.05) is 6.07 Å². The first-order valence-electron chi connectivity index (χ1n) is 9.94. The molecule has 0 bridgehead atoms. The van der Waals surface area contributed by atoms with Crippen LogP contribution in [0.3, 0.4) is 0 Å². The molecule has 0 unspecified atom stereocenters. The van der Waals surface area contributed by atoms with Crippen molar-refractivity contribution in [2.75, 3.05) is 7.05 Å². The molecule has 0 fully saturated rings. The quantitative estimate of drug-likeness (QED) is 0.554. The first-order chi connectivity index (χ1) is 15.4. The third kappa shape index (κ3) is 5.21. The maximum Gasteiger partial charge on any atom is 0.410 e. The van der Waals surface area contributed by atoms with Crippen LogP contribution < -0.4 is 0 Å². The summed E-state index contributed by atoms with van der Waals surface area (Å²) in [5.41, 5.74) is -0.541. The molecule has 0 radical (unpaired) electrons. The van der Waals surface area contributed by atoms with Crippen molar-refractivity contribution in [2.24, 2.45) is 0 Å². The van der Waals surface area contributed by atoms with Gasteiger partial charge in [0, 0.05) is 31.2 Å². The van der Waals surface area contributed by atoms with E-state index in [1.54, 1.807) is 26.8 Å². The second-order valence-corrected chi connectivity index (χ2v) is 10.2. The molecule has 2 heterocycles. The number of rotatable bonds is 5.